The molecule has 0 aliphatic carbocycles. The molecule has 0 saturated carbocycles. The molecule has 0 heterocycles. The van der Waals surface area contributed by atoms with Gasteiger partial charge in [0.1, 0.15) is 12.7 Å². The molecule has 1 unspecified atom stereocenters. The maximum absolute atomic E-state index is 11.4. The summed E-state index contributed by atoms with van der Waals surface area (Å²) in [5.41, 5.74) is 0.310. The molecule has 1 atom stereocenters. The van der Waals surface area contributed by atoms with Crippen molar-refractivity contribution in [3.05, 3.63) is 59.2 Å². The molecule has 0 radical (unpaired) electrons. The molecular formula is C22H28O11. The SMILES string of the molecule is C=C(C)C(=O)OCC(O)CO.C=CC(=O)OCCc1ccc(C(=O)O)c(C(=O)O)c1CCO. The number of carboxylic acid groups (broad SMARTS) is 2. The number of esters is 2. The fourth-order valence-corrected chi connectivity index (χ4v) is 2.41. The second kappa shape index (κ2) is 15.3. The monoisotopic (exact) mass is 468 g/mol. The van der Waals surface area contributed by atoms with Gasteiger partial charge in [0.15, 0.2) is 0 Å². The summed E-state index contributed by atoms with van der Waals surface area (Å²) in [5, 5.41) is 44.5. The minimum atomic E-state index is -1.38. The molecular weight excluding hydrogens is 440 g/mol. The highest BCUT2D eigenvalue weighted by Gasteiger charge is 2.22. The van der Waals surface area contributed by atoms with Gasteiger partial charge in [0.05, 0.1) is 24.3 Å². The number of aliphatic hydroxyl groups excluding tert-OH is 3. The summed E-state index contributed by atoms with van der Waals surface area (Å²) in [6, 6.07) is 2.65. The van der Waals surface area contributed by atoms with Crippen LogP contribution in [0.3, 0.4) is 0 Å². The van der Waals surface area contributed by atoms with Crippen molar-refractivity contribution in [2.24, 2.45) is 0 Å². The van der Waals surface area contributed by atoms with Gasteiger partial charge in [0, 0.05) is 24.7 Å². The van der Waals surface area contributed by atoms with E-state index < -0.39 is 36.6 Å². The third-order valence-electron chi connectivity index (χ3n) is 3.96. The molecule has 0 saturated heterocycles. The Labute approximate surface area is 190 Å². The van der Waals surface area contributed by atoms with Crippen LogP contribution >= 0.6 is 0 Å². The Kier molecular flexibility index (Phi) is 13.7. The van der Waals surface area contributed by atoms with E-state index in [0.29, 0.717) is 5.56 Å². The zero-order valence-corrected chi connectivity index (χ0v) is 18.2. The minimum absolute atomic E-state index is 0.00520. The summed E-state index contributed by atoms with van der Waals surface area (Å²) in [4.78, 5) is 44.1. The number of carbonyl (C=O) groups excluding carboxylic acids is 2. The maximum atomic E-state index is 11.4. The van der Waals surface area contributed by atoms with E-state index in [-0.39, 0.29) is 54.9 Å². The van der Waals surface area contributed by atoms with E-state index in [1.54, 1.807) is 0 Å². The molecule has 11 nitrogen and oxygen atoms in total. The second-order valence-corrected chi connectivity index (χ2v) is 6.55. The first kappa shape index (κ1) is 29.5. The van der Waals surface area contributed by atoms with Gasteiger partial charge in [-0.05, 0) is 30.5 Å². The van der Waals surface area contributed by atoms with Crippen LogP contribution in [-0.2, 0) is 31.9 Å². The number of aromatic carboxylic acids is 2. The van der Waals surface area contributed by atoms with Crippen LogP contribution in [0, 0.1) is 0 Å². The Morgan fingerprint density at radius 1 is 1.06 bits per heavy atom. The molecule has 0 fully saturated rings. The van der Waals surface area contributed by atoms with Crippen molar-refractivity contribution < 1.29 is 54.2 Å². The smallest absolute Gasteiger partial charge is 0.336 e. The Balaban J connectivity index is 0.000000785. The lowest BCUT2D eigenvalue weighted by Crippen LogP contribution is -2.22. The molecule has 1 aromatic rings. The standard InChI is InChI=1S/C15H16O7.C7H12O4/c1-2-12(17)22-8-6-9-3-4-11(14(18)19)13(15(20)21)10(9)5-7-16;1-5(2)7(10)11-4-6(9)3-8/h2-4,16H,1,5-8H2,(H,18,19)(H,20,21);6,8-9H,1,3-4H2,2H3. The molecule has 0 aromatic heterocycles. The quantitative estimate of drug-likeness (QED) is 0.210. The number of benzene rings is 1. The van der Waals surface area contributed by atoms with Crippen LogP contribution in [0.15, 0.2) is 36.9 Å². The van der Waals surface area contributed by atoms with Gasteiger partial charge in [-0.3, -0.25) is 0 Å². The van der Waals surface area contributed by atoms with Crippen molar-refractivity contribution in [2.45, 2.75) is 25.9 Å². The average molecular weight is 468 g/mol. The minimum Gasteiger partial charge on any atom is -0.478 e. The van der Waals surface area contributed by atoms with Gasteiger partial charge in [0.25, 0.3) is 0 Å². The van der Waals surface area contributed by atoms with Gasteiger partial charge in [-0.25, -0.2) is 19.2 Å². The van der Waals surface area contributed by atoms with Crippen molar-refractivity contribution in [1.82, 2.24) is 0 Å². The predicted octanol–water partition coefficient (Wildman–Crippen LogP) is 0.348. The molecule has 0 spiro atoms. The number of rotatable bonds is 12. The van der Waals surface area contributed by atoms with Crippen LogP contribution in [0.5, 0.6) is 0 Å². The van der Waals surface area contributed by atoms with Crippen molar-refractivity contribution in [1.29, 1.82) is 0 Å². The molecule has 0 aliphatic rings. The Bertz CT molecular complexity index is 873. The third kappa shape index (κ3) is 10.5. The lowest BCUT2D eigenvalue weighted by atomic mass is 9.92. The highest BCUT2D eigenvalue weighted by Crippen LogP contribution is 2.21. The summed E-state index contributed by atoms with van der Waals surface area (Å²) >= 11 is 0. The Morgan fingerprint density at radius 3 is 2.15 bits per heavy atom. The lowest BCUT2D eigenvalue weighted by molar-refractivity contribution is -0.142. The molecule has 5 N–H and O–H groups in total. The van der Waals surface area contributed by atoms with Gasteiger partial charge in [0.2, 0.25) is 0 Å². The number of ether oxygens (including phenoxy) is 2. The fraction of sp³-hybridized carbons (Fsp3) is 0.364. The van der Waals surface area contributed by atoms with Gasteiger partial charge >= 0.3 is 23.9 Å². The first-order valence-electron chi connectivity index (χ1n) is 9.62. The Hall–Kier alpha value is -3.54. The van der Waals surface area contributed by atoms with E-state index in [2.05, 4.69) is 17.9 Å². The van der Waals surface area contributed by atoms with Gasteiger partial charge < -0.3 is 35.0 Å². The molecule has 33 heavy (non-hydrogen) atoms. The van der Waals surface area contributed by atoms with E-state index in [4.69, 9.17) is 25.2 Å². The zero-order valence-electron chi connectivity index (χ0n) is 18.2. The molecule has 1 aromatic carbocycles. The number of carboxylic acids is 2. The maximum Gasteiger partial charge on any atom is 0.336 e. The van der Waals surface area contributed by atoms with Gasteiger partial charge in [-0.2, -0.15) is 0 Å². The molecule has 0 aliphatic heterocycles. The Morgan fingerprint density at radius 2 is 1.70 bits per heavy atom. The van der Waals surface area contributed by atoms with Crippen molar-refractivity contribution in [3.8, 4) is 0 Å². The third-order valence-corrected chi connectivity index (χ3v) is 3.96. The predicted molar refractivity (Wildman–Crippen MR) is 115 cm³/mol. The van der Waals surface area contributed by atoms with Crippen LogP contribution in [0.2, 0.25) is 0 Å². The van der Waals surface area contributed by atoms with E-state index in [1.165, 1.54) is 19.1 Å². The van der Waals surface area contributed by atoms with Gasteiger partial charge in [-0.15, -0.1) is 0 Å². The zero-order chi connectivity index (χ0) is 25.6. The lowest BCUT2D eigenvalue weighted by Gasteiger charge is -2.14. The van der Waals surface area contributed by atoms with Crippen molar-refractivity contribution in [3.63, 3.8) is 0 Å². The molecule has 11 heteroatoms. The molecule has 0 bridgehead atoms. The topological polar surface area (TPSA) is 188 Å². The van der Waals surface area contributed by atoms with Crippen LogP contribution in [0.1, 0.15) is 38.8 Å². The summed E-state index contributed by atoms with van der Waals surface area (Å²) in [6.45, 7) is 7.16. The second-order valence-electron chi connectivity index (χ2n) is 6.55. The van der Waals surface area contributed by atoms with E-state index in [0.717, 1.165) is 6.08 Å². The highest BCUT2D eigenvalue weighted by atomic mass is 16.5. The molecule has 0 amide bonds. The van der Waals surface area contributed by atoms with E-state index in [1.807, 2.05) is 0 Å². The summed E-state index contributed by atoms with van der Waals surface area (Å²) in [7, 11) is 0. The fourth-order valence-electron chi connectivity index (χ4n) is 2.41. The van der Waals surface area contributed by atoms with Crippen molar-refractivity contribution >= 4 is 23.9 Å². The first-order valence-corrected chi connectivity index (χ1v) is 9.62. The van der Waals surface area contributed by atoms with Crippen LogP contribution in [0.4, 0.5) is 0 Å². The van der Waals surface area contributed by atoms with Crippen LogP contribution in [-0.4, -0.2) is 81.9 Å². The van der Waals surface area contributed by atoms with E-state index in [9.17, 15) is 24.3 Å². The summed E-state index contributed by atoms with van der Waals surface area (Å²) in [5.74, 6) is -3.91. The van der Waals surface area contributed by atoms with E-state index >= 15 is 0 Å². The van der Waals surface area contributed by atoms with Crippen LogP contribution in [0.25, 0.3) is 0 Å². The first-order chi connectivity index (χ1) is 15.5. The summed E-state index contributed by atoms with van der Waals surface area (Å²) in [6.07, 6.45) is 0.200. The number of hydrogen-bond donors (Lipinski definition) is 5. The highest BCUT2D eigenvalue weighted by molar-refractivity contribution is 6.03. The number of aliphatic hydroxyl groups is 3. The summed E-state index contributed by atoms with van der Waals surface area (Å²) < 4.78 is 9.33. The number of carbonyl (C=O) groups is 4. The normalized spacial score (nSPS) is 10.8. The van der Waals surface area contributed by atoms with Crippen LogP contribution < -0.4 is 0 Å². The average Bonchev–Trinajstić information content (AvgIpc) is 2.77. The van der Waals surface area contributed by atoms with Gasteiger partial charge in [-0.1, -0.05) is 19.2 Å². The largest absolute Gasteiger partial charge is 0.478 e. The molecule has 182 valence electrons. The van der Waals surface area contributed by atoms with Crippen molar-refractivity contribution in [2.75, 3.05) is 26.4 Å². The number of hydrogen-bond acceptors (Lipinski definition) is 9. The molecule has 1 rings (SSSR count).